The summed E-state index contributed by atoms with van der Waals surface area (Å²) in [6.45, 7) is 5.81. The van der Waals surface area contributed by atoms with E-state index in [-0.39, 0.29) is 11.6 Å². The largest absolute Gasteiger partial charge is 0.325 e. The molecule has 0 aliphatic heterocycles. The maximum absolute atomic E-state index is 12.6. The number of rotatable bonds is 5. The Balaban J connectivity index is 1.50. The van der Waals surface area contributed by atoms with Gasteiger partial charge in [-0.3, -0.25) is 4.79 Å². The molecule has 0 aliphatic rings. The lowest BCUT2D eigenvalue weighted by Crippen LogP contribution is -2.23. The number of carbonyl (C=O) groups excluding carboxylic acids is 1. The SMILES string of the molecule is Cc1ccc(-n2nnnc2S[C@@H](C)C(=O)Nc2ccc3[nH]c(=O)[nH]c3c2)c(C)c1. The minimum absolute atomic E-state index is 0.192. The summed E-state index contributed by atoms with van der Waals surface area (Å²) in [5.41, 5.74) is 4.70. The van der Waals surface area contributed by atoms with Crippen molar-refractivity contribution in [1.82, 2.24) is 30.2 Å². The molecule has 10 heteroatoms. The molecule has 0 aliphatic carbocycles. The van der Waals surface area contributed by atoms with Gasteiger partial charge in [0.05, 0.1) is 22.0 Å². The van der Waals surface area contributed by atoms with Gasteiger partial charge in [-0.2, -0.15) is 4.68 Å². The highest BCUT2D eigenvalue weighted by atomic mass is 32.2. The van der Waals surface area contributed by atoms with E-state index < -0.39 is 5.25 Å². The molecule has 0 radical (unpaired) electrons. The van der Waals surface area contributed by atoms with Gasteiger partial charge in [0.1, 0.15) is 0 Å². The maximum Gasteiger partial charge on any atom is 0.323 e. The Hall–Kier alpha value is -3.40. The highest BCUT2D eigenvalue weighted by Crippen LogP contribution is 2.26. The van der Waals surface area contributed by atoms with E-state index in [9.17, 15) is 9.59 Å². The normalized spacial score (nSPS) is 12.2. The summed E-state index contributed by atoms with van der Waals surface area (Å²) in [5.74, 6) is -0.192. The summed E-state index contributed by atoms with van der Waals surface area (Å²) >= 11 is 1.27. The van der Waals surface area contributed by atoms with Crippen molar-refractivity contribution in [2.45, 2.75) is 31.2 Å². The first-order chi connectivity index (χ1) is 13.9. The monoisotopic (exact) mass is 409 g/mol. The number of aromatic amines is 2. The third-order valence-electron chi connectivity index (χ3n) is 4.46. The van der Waals surface area contributed by atoms with Gasteiger partial charge in [-0.1, -0.05) is 29.5 Å². The number of amides is 1. The molecule has 0 spiro atoms. The minimum Gasteiger partial charge on any atom is -0.325 e. The van der Waals surface area contributed by atoms with E-state index in [1.807, 2.05) is 26.0 Å². The fraction of sp³-hybridized carbons (Fsp3) is 0.211. The van der Waals surface area contributed by atoms with E-state index in [4.69, 9.17) is 0 Å². The van der Waals surface area contributed by atoms with Crippen molar-refractivity contribution in [3.63, 3.8) is 0 Å². The number of fused-ring (bicyclic) bond motifs is 1. The number of imidazole rings is 1. The molecular weight excluding hydrogens is 390 g/mol. The number of nitrogens with zero attached hydrogens (tertiary/aromatic N) is 4. The van der Waals surface area contributed by atoms with Crippen molar-refractivity contribution in [3.8, 4) is 5.69 Å². The number of nitrogens with one attached hydrogen (secondary N) is 3. The molecule has 4 aromatic rings. The fourth-order valence-corrected chi connectivity index (χ4v) is 3.81. The van der Waals surface area contributed by atoms with E-state index in [0.29, 0.717) is 21.9 Å². The van der Waals surface area contributed by atoms with Gasteiger partial charge >= 0.3 is 5.69 Å². The topological polar surface area (TPSA) is 121 Å². The van der Waals surface area contributed by atoms with Crippen molar-refractivity contribution < 1.29 is 4.79 Å². The predicted molar refractivity (Wildman–Crippen MR) is 111 cm³/mol. The van der Waals surface area contributed by atoms with Crippen LogP contribution in [0.5, 0.6) is 0 Å². The van der Waals surface area contributed by atoms with Crippen LogP contribution in [0.3, 0.4) is 0 Å². The second-order valence-corrected chi connectivity index (χ2v) is 8.06. The summed E-state index contributed by atoms with van der Waals surface area (Å²) in [6, 6.07) is 11.2. The van der Waals surface area contributed by atoms with Crippen LogP contribution < -0.4 is 11.0 Å². The molecule has 2 aromatic heterocycles. The Labute approximate surface area is 169 Å². The quantitative estimate of drug-likeness (QED) is 0.436. The third-order valence-corrected chi connectivity index (χ3v) is 5.49. The number of anilines is 1. The van der Waals surface area contributed by atoms with Gasteiger partial charge in [-0.25, -0.2) is 4.79 Å². The third kappa shape index (κ3) is 3.92. The molecule has 0 saturated carbocycles. The van der Waals surface area contributed by atoms with Gasteiger partial charge in [-0.05, 0) is 61.0 Å². The summed E-state index contributed by atoms with van der Waals surface area (Å²) in [6.07, 6.45) is 0. The summed E-state index contributed by atoms with van der Waals surface area (Å²) in [7, 11) is 0. The summed E-state index contributed by atoms with van der Waals surface area (Å²) < 4.78 is 1.64. The zero-order valence-corrected chi connectivity index (χ0v) is 16.9. The van der Waals surface area contributed by atoms with Crippen LogP contribution in [0.4, 0.5) is 5.69 Å². The first kappa shape index (κ1) is 18.9. The minimum atomic E-state index is -0.438. The molecule has 0 unspecified atom stereocenters. The van der Waals surface area contributed by atoms with Gasteiger partial charge in [0.25, 0.3) is 0 Å². The highest BCUT2D eigenvalue weighted by molar-refractivity contribution is 8.00. The fourth-order valence-electron chi connectivity index (χ4n) is 3.01. The van der Waals surface area contributed by atoms with E-state index in [1.165, 1.54) is 11.8 Å². The number of benzene rings is 2. The highest BCUT2D eigenvalue weighted by Gasteiger charge is 2.20. The number of aromatic nitrogens is 6. The van der Waals surface area contributed by atoms with E-state index >= 15 is 0 Å². The van der Waals surface area contributed by atoms with Gasteiger partial charge in [-0.15, -0.1) is 5.10 Å². The smallest absolute Gasteiger partial charge is 0.323 e. The number of tetrazole rings is 1. The number of hydrogen-bond acceptors (Lipinski definition) is 6. The van der Waals surface area contributed by atoms with Gasteiger partial charge in [0, 0.05) is 5.69 Å². The van der Waals surface area contributed by atoms with Crippen molar-refractivity contribution in [2.24, 2.45) is 0 Å². The lowest BCUT2D eigenvalue weighted by molar-refractivity contribution is -0.115. The lowest BCUT2D eigenvalue weighted by Gasteiger charge is -2.13. The van der Waals surface area contributed by atoms with Crippen LogP contribution in [0, 0.1) is 13.8 Å². The van der Waals surface area contributed by atoms with Crippen LogP contribution in [0.15, 0.2) is 46.3 Å². The van der Waals surface area contributed by atoms with Gasteiger partial charge in [0.15, 0.2) is 0 Å². The average Bonchev–Trinajstić information content (AvgIpc) is 3.26. The molecular formula is C19H19N7O2S. The second kappa shape index (κ2) is 7.55. The zero-order chi connectivity index (χ0) is 20.5. The van der Waals surface area contributed by atoms with Crippen molar-refractivity contribution in [2.75, 3.05) is 5.32 Å². The molecule has 29 heavy (non-hydrogen) atoms. The molecule has 0 bridgehead atoms. The van der Waals surface area contributed by atoms with Crippen molar-refractivity contribution in [3.05, 3.63) is 58.0 Å². The van der Waals surface area contributed by atoms with Crippen LogP contribution in [-0.2, 0) is 4.79 Å². The van der Waals surface area contributed by atoms with Crippen molar-refractivity contribution >= 4 is 34.4 Å². The molecule has 2 aromatic carbocycles. The lowest BCUT2D eigenvalue weighted by atomic mass is 10.1. The van der Waals surface area contributed by atoms with Crippen LogP contribution in [-0.4, -0.2) is 41.3 Å². The standard InChI is InChI=1S/C19H19N7O2S/c1-10-4-7-16(11(2)8-10)26-19(23-24-25-26)29-12(3)17(27)20-13-5-6-14-15(9-13)22-18(28)21-14/h4-9,12H,1-3H3,(H,20,27)(H2,21,22,28)/t12-/m0/s1. The average molecular weight is 409 g/mol. The molecule has 0 saturated heterocycles. The Kier molecular flexibility index (Phi) is 4.93. The molecule has 2 heterocycles. The number of hydrogen-bond donors (Lipinski definition) is 3. The van der Waals surface area contributed by atoms with E-state index in [0.717, 1.165) is 16.8 Å². The van der Waals surface area contributed by atoms with Crippen LogP contribution in [0.25, 0.3) is 16.7 Å². The van der Waals surface area contributed by atoms with Gasteiger partial charge in [0.2, 0.25) is 11.1 Å². The van der Waals surface area contributed by atoms with E-state index in [1.54, 1.807) is 29.8 Å². The second-order valence-electron chi connectivity index (χ2n) is 6.75. The van der Waals surface area contributed by atoms with Crippen molar-refractivity contribution in [1.29, 1.82) is 0 Å². The van der Waals surface area contributed by atoms with Gasteiger partial charge < -0.3 is 15.3 Å². The Morgan fingerprint density at radius 1 is 1.14 bits per heavy atom. The number of thioether (sulfide) groups is 1. The first-order valence-corrected chi connectivity index (χ1v) is 9.84. The summed E-state index contributed by atoms with van der Waals surface area (Å²) in [5, 5.41) is 14.9. The molecule has 148 valence electrons. The summed E-state index contributed by atoms with van der Waals surface area (Å²) in [4.78, 5) is 29.4. The van der Waals surface area contributed by atoms with E-state index in [2.05, 4.69) is 36.9 Å². The number of H-pyrrole nitrogens is 2. The zero-order valence-electron chi connectivity index (χ0n) is 16.1. The van der Waals surface area contributed by atoms with Crippen LogP contribution in [0.2, 0.25) is 0 Å². The molecule has 9 nitrogen and oxygen atoms in total. The molecule has 4 rings (SSSR count). The predicted octanol–water partition coefficient (Wildman–Crippen LogP) is 2.57. The van der Waals surface area contributed by atoms with Crippen LogP contribution >= 0.6 is 11.8 Å². The Morgan fingerprint density at radius 3 is 2.72 bits per heavy atom. The molecule has 1 atom stereocenters. The molecule has 3 N–H and O–H groups in total. The first-order valence-electron chi connectivity index (χ1n) is 8.96. The molecule has 0 fully saturated rings. The maximum atomic E-state index is 12.6. The van der Waals surface area contributed by atoms with Crippen LogP contribution in [0.1, 0.15) is 18.1 Å². The number of aryl methyl sites for hydroxylation is 2. The molecule has 1 amide bonds. The Bertz CT molecular complexity index is 1260. The Morgan fingerprint density at radius 2 is 1.93 bits per heavy atom. The number of carbonyl (C=O) groups is 1.